The smallest absolute Gasteiger partial charge is 0.726 e. The molecule has 0 aromatic rings. The monoisotopic (exact) mass is 282 g/mol. The molecule has 17 heavy (non-hydrogen) atoms. The van der Waals surface area contributed by atoms with Crippen LogP contribution in [0.3, 0.4) is 0 Å². The SMILES string of the molecule is O=S(=O)([O-])OC[C@H]1OC(O)[C@H](O)[C@@H](O)[C@@H]1O.[Na+]. The molecule has 0 saturated carbocycles. The van der Waals surface area contributed by atoms with E-state index >= 15 is 0 Å². The van der Waals surface area contributed by atoms with E-state index in [-0.39, 0.29) is 29.6 Å². The first-order valence-electron chi connectivity index (χ1n) is 4.20. The molecule has 1 aliphatic rings. The maximum Gasteiger partial charge on any atom is 1.00 e. The van der Waals surface area contributed by atoms with Crippen molar-refractivity contribution in [1.82, 2.24) is 0 Å². The van der Waals surface area contributed by atoms with Crippen LogP contribution in [0, 0.1) is 0 Å². The van der Waals surface area contributed by atoms with Gasteiger partial charge in [-0.25, -0.2) is 8.42 Å². The molecule has 0 aromatic heterocycles. The standard InChI is InChI=1S/C6H12O9S.Na/c7-3-2(1-14-16(11,12)13)15-6(10)5(9)4(3)8;/h2-10H,1H2,(H,11,12,13);/q;+1/p-1/t2-,3-,4+,5-,6?;/m1./s1. The first-order chi connectivity index (χ1) is 7.22. The number of hydrogen-bond acceptors (Lipinski definition) is 9. The Bertz CT molecular complexity index is 332. The third kappa shape index (κ3) is 5.04. The third-order valence-corrected chi connectivity index (χ3v) is 2.49. The molecule has 11 heteroatoms. The van der Waals surface area contributed by atoms with Gasteiger partial charge in [0.05, 0.1) is 6.61 Å². The first kappa shape index (κ1) is 17.7. The maximum absolute atomic E-state index is 10.1. The third-order valence-electron chi connectivity index (χ3n) is 2.06. The van der Waals surface area contributed by atoms with Gasteiger partial charge in [-0.3, -0.25) is 4.18 Å². The Morgan fingerprint density at radius 3 is 2.12 bits per heavy atom. The second kappa shape index (κ2) is 6.73. The van der Waals surface area contributed by atoms with E-state index in [4.69, 9.17) is 10.2 Å². The van der Waals surface area contributed by atoms with E-state index in [1.165, 1.54) is 0 Å². The molecule has 96 valence electrons. The zero-order chi connectivity index (χ0) is 12.5. The second-order valence-corrected chi connectivity index (χ2v) is 4.28. The Morgan fingerprint density at radius 2 is 1.65 bits per heavy atom. The van der Waals surface area contributed by atoms with Crippen LogP contribution in [0.5, 0.6) is 0 Å². The van der Waals surface area contributed by atoms with E-state index in [0.717, 1.165) is 0 Å². The van der Waals surface area contributed by atoms with Gasteiger partial charge in [0.2, 0.25) is 10.4 Å². The van der Waals surface area contributed by atoms with E-state index in [1.54, 1.807) is 0 Å². The van der Waals surface area contributed by atoms with E-state index in [1.807, 2.05) is 0 Å². The van der Waals surface area contributed by atoms with Gasteiger partial charge in [0.25, 0.3) is 0 Å². The van der Waals surface area contributed by atoms with Crippen LogP contribution in [0.15, 0.2) is 0 Å². The molecule has 1 fully saturated rings. The van der Waals surface area contributed by atoms with Crippen molar-refractivity contribution in [1.29, 1.82) is 0 Å². The minimum absolute atomic E-state index is 0. The summed E-state index contributed by atoms with van der Waals surface area (Å²) in [6.45, 7) is -0.867. The second-order valence-electron chi connectivity index (χ2n) is 3.23. The van der Waals surface area contributed by atoms with E-state index in [9.17, 15) is 23.2 Å². The van der Waals surface area contributed by atoms with Crippen molar-refractivity contribution in [2.24, 2.45) is 0 Å². The maximum atomic E-state index is 10.1. The predicted molar refractivity (Wildman–Crippen MR) is 44.5 cm³/mol. The van der Waals surface area contributed by atoms with Gasteiger partial charge in [-0.15, -0.1) is 0 Å². The van der Waals surface area contributed by atoms with Gasteiger partial charge in [0.1, 0.15) is 24.4 Å². The van der Waals surface area contributed by atoms with Crippen molar-refractivity contribution in [3.05, 3.63) is 0 Å². The van der Waals surface area contributed by atoms with Crippen LogP contribution < -0.4 is 29.6 Å². The van der Waals surface area contributed by atoms with Crippen LogP contribution in [0.2, 0.25) is 0 Å². The van der Waals surface area contributed by atoms with Crippen LogP contribution in [-0.4, -0.2) is 70.7 Å². The molecule has 0 bridgehead atoms. The summed E-state index contributed by atoms with van der Waals surface area (Å²) >= 11 is 0. The van der Waals surface area contributed by atoms with Gasteiger partial charge in [-0.2, -0.15) is 0 Å². The summed E-state index contributed by atoms with van der Waals surface area (Å²) in [6.07, 6.45) is -8.37. The zero-order valence-electron chi connectivity index (χ0n) is 8.83. The normalized spacial score (nSPS) is 38.5. The van der Waals surface area contributed by atoms with Gasteiger partial charge in [-0.1, -0.05) is 0 Å². The molecule has 0 amide bonds. The predicted octanol–water partition coefficient (Wildman–Crippen LogP) is -6.73. The summed E-state index contributed by atoms with van der Waals surface area (Å²) in [7, 11) is -4.96. The Kier molecular flexibility index (Phi) is 6.99. The van der Waals surface area contributed by atoms with Crippen molar-refractivity contribution in [2.45, 2.75) is 30.7 Å². The summed E-state index contributed by atoms with van der Waals surface area (Å²) < 4.78 is 38.7. The van der Waals surface area contributed by atoms with Gasteiger partial charge in [0, 0.05) is 0 Å². The minimum atomic E-state index is -4.96. The summed E-state index contributed by atoms with van der Waals surface area (Å²) in [4.78, 5) is 0. The summed E-state index contributed by atoms with van der Waals surface area (Å²) in [6, 6.07) is 0. The molecule has 1 saturated heterocycles. The molecule has 1 heterocycles. The van der Waals surface area contributed by atoms with E-state index in [0.29, 0.717) is 0 Å². The van der Waals surface area contributed by atoms with Gasteiger partial charge >= 0.3 is 29.6 Å². The van der Waals surface area contributed by atoms with Crippen LogP contribution in [0.1, 0.15) is 0 Å². The molecule has 0 radical (unpaired) electrons. The molecule has 1 aliphatic heterocycles. The summed E-state index contributed by atoms with van der Waals surface area (Å²) in [5.41, 5.74) is 0. The average molecular weight is 282 g/mol. The van der Waals surface area contributed by atoms with Crippen molar-refractivity contribution in [2.75, 3.05) is 6.61 Å². The van der Waals surface area contributed by atoms with Crippen LogP contribution in [-0.2, 0) is 19.3 Å². The van der Waals surface area contributed by atoms with Crippen molar-refractivity contribution in [3.63, 3.8) is 0 Å². The fourth-order valence-electron chi connectivity index (χ4n) is 1.22. The Morgan fingerprint density at radius 1 is 1.12 bits per heavy atom. The number of hydrogen-bond donors (Lipinski definition) is 4. The molecule has 1 rings (SSSR count). The number of aliphatic hydroxyl groups is 4. The molecule has 0 spiro atoms. The Labute approximate surface area is 119 Å². The Hall–Kier alpha value is 0.670. The molecular weight excluding hydrogens is 271 g/mol. The first-order valence-corrected chi connectivity index (χ1v) is 5.53. The van der Waals surface area contributed by atoms with E-state index < -0.39 is 47.7 Å². The van der Waals surface area contributed by atoms with Crippen molar-refractivity contribution in [3.8, 4) is 0 Å². The fourth-order valence-corrected chi connectivity index (χ4v) is 1.52. The van der Waals surface area contributed by atoms with Crippen molar-refractivity contribution < 1.29 is 71.9 Å². The summed E-state index contributed by atoms with van der Waals surface area (Å²) in [5.74, 6) is 0. The molecule has 0 aromatic carbocycles. The molecule has 0 aliphatic carbocycles. The molecule has 1 unspecified atom stereocenters. The quantitative estimate of drug-likeness (QED) is 0.224. The molecular formula is C6H11NaO9S. The Balaban J connectivity index is 0.00000256. The largest absolute Gasteiger partial charge is 1.00 e. The minimum Gasteiger partial charge on any atom is -0.726 e. The molecule has 9 nitrogen and oxygen atoms in total. The van der Waals surface area contributed by atoms with Crippen molar-refractivity contribution >= 4 is 10.4 Å². The average Bonchev–Trinajstić information content (AvgIpc) is 2.17. The topological polar surface area (TPSA) is 157 Å². The van der Waals surface area contributed by atoms with Gasteiger partial charge in [-0.05, 0) is 0 Å². The van der Waals surface area contributed by atoms with Gasteiger partial charge in [0.15, 0.2) is 6.29 Å². The molecule has 5 atom stereocenters. The number of ether oxygens (including phenoxy) is 1. The van der Waals surface area contributed by atoms with Crippen LogP contribution in [0.25, 0.3) is 0 Å². The summed E-state index contributed by atoms with van der Waals surface area (Å²) in [5, 5.41) is 36.6. The fraction of sp³-hybridized carbons (Fsp3) is 1.00. The van der Waals surface area contributed by atoms with E-state index in [2.05, 4.69) is 8.92 Å². The number of aliphatic hydroxyl groups excluding tert-OH is 4. The van der Waals surface area contributed by atoms with Gasteiger partial charge < -0.3 is 29.7 Å². The van der Waals surface area contributed by atoms with Crippen LogP contribution in [0.4, 0.5) is 0 Å². The number of rotatable bonds is 3. The van der Waals surface area contributed by atoms with Crippen LogP contribution >= 0.6 is 0 Å². The zero-order valence-corrected chi connectivity index (χ0v) is 11.6. The molecule has 4 N–H and O–H groups in total.